The molecule has 0 saturated carbocycles. The lowest BCUT2D eigenvalue weighted by Gasteiger charge is -2.19. The fraction of sp³-hybridized carbons (Fsp3) is 0.429. The molecule has 0 fully saturated rings. The van der Waals surface area contributed by atoms with Crippen molar-refractivity contribution in [3.05, 3.63) is 23.8 Å². The lowest BCUT2D eigenvalue weighted by atomic mass is 10.2. The molecule has 20 heavy (non-hydrogen) atoms. The van der Waals surface area contributed by atoms with Crippen molar-refractivity contribution in [1.29, 1.82) is 5.26 Å². The van der Waals surface area contributed by atoms with Gasteiger partial charge in [0.1, 0.15) is 24.0 Å². The number of alkyl carbamates (subject to hydrolysis) is 1. The fourth-order valence-electron chi connectivity index (χ4n) is 1.38. The minimum Gasteiger partial charge on any atom is -0.490 e. The Morgan fingerprint density at radius 1 is 1.45 bits per heavy atom. The van der Waals surface area contributed by atoms with Crippen molar-refractivity contribution in [2.45, 2.75) is 26.4 Å². The molecule has 6 nitrogen and oxygen atoms in total. The van der Waals surface area contributed by atoms with E-state index >= 15 is 0 Å². The first-order chi connectivity index (χ1) is 9.31. The van der Waals surface area contributed by atoms with E-state index in [1.165, 1.54) is 0 Å². The number of nitriles is 1. The summed E-state index contributed by atoms with van der Waals surface area (Å²) in [5.74, 6) is 0.401. The predicted molar refractivity (Wildman–Crippen MR) is 75.3 cm³/mol. The molecule has 0 aliphatic rings. The Morgan fingerprint density at radius 2 is 2.15 bits per heavy atom. The molecule has 0 aliphatic heterocycles. The number of hydrogen-bond acceptors (Lipinski definition) is 5. The van der Waals surface area contributed by atoms with Gasteiger partial charge in [-0.2, -0.15) is 5.26 Å². The Kier molecular flexibility index (Phi) is 5.21. The zero-order valence-corrected chi connectivity index (χ0v) is 11.9. The van der Waals surface area contributed by atoms with Crippen molar-refractivity contribution in [1.82, 2.24) is 5.32 Å². The van der Waals surface area contributed by atoms with Crippen LogP contribution in [-0.4, -0.2) is 24.8 Å². The number of nitrogens with zero attached hydrogens (tertiary/aromatic N) is 1. The third kappa shape index (κ3) is 5.48. The first-order valence-electron chi connectivity index (χ1n) is 6.21. The summed E-state index contributed by atoms with van der Waals surface area (Å²) < 4.78 is 10.5. The summed E-state index contributed by atoms with van der Waals surface area (Å²) in [5, 5.41) is 11.5. The second kappa shape index (κ2) is 6.66. The second-order valence-corrected chi connectivity index (χ2v) is 5.14. The number of nitrogens with two attached hydrogens (primary N) is 1. The molecule has 6 heteroatoms. The number of rotatable bonds is 4. The van der Waals surface area contributed by atoms with Crippen LogP contribution >= 0.6 is 0 Å². The van der Waals surface area contributed by atoms with Crippen LogP contribution in [0.2, 0.25) is 0 Å². The Balaban J connectivity index is 2.40. The summed E-state index contributed by atoms with van der Waals surface area (Å²) in [6.07, 6.45) is -0.505. The van der Waals surface area contributed by atoms with Crippen LogP contribution < -0.4 is 15.8 Å². The Hall–Kier alpha value is -2.42. The molecule has 0 aliphatic carbocycles. The molecule has 1 rings (SSSR count). The lowest BCUT2D eigenvalue weighted by Crippen LogP contribution is -2.34. The van der Waals surface area contributed by atoms with Crippen LogP contribution in [0.3, 0.4) is 0 Å². The van der Waals surface area contributed by atoms with E-state index in [0.717, 1.165) is 0 Å². The van der Waals surface area contributed by atoms with E-state index in [-0.39, 0.29) is 13.2 Å². The minimum absolute atomic E-state index is 0.220. The Labute approximate surface area is 118 Å². The molecule has 0 bridgehead atoms. The van der Waals surface area contributed by atoms with Gasteiger partial charge >= 0.3 is 6.09 Å². The van der Waals surface area contributed by atoms with E-state index in [9.17, 15) is 4.79 Å². The number of carbonyl (C=O) groups excluding carboxylic acids is 1. The monoisotopic (exact) mass is 277 g/mol. The molecule has 1 aromatic rings. The quantitative estimate of drug-likeness (QED) is 0.648. The second-order valence-electron chi connectivity index (χ2n) is 5.14. The van der Waals surface area contributed by atoms with Crippen molar-refractivity contribution < 1.29 is 14.3 Å². The van der Waals surface area contributed by atoms with E-state index in [1.807, 2.05) is 6.07 Å². The number of hydrogen-bond donors (Lipinski definition) is 2. The third-order valence-corrected chi connectivity index (χ3v) is 2.15. The van der Waals surface area contributed by atoms with E-state index in [2.05, 4.69) is 5.32 Å². The van der Waals surface area contributed by atoms with Crippen LogP contribution in [0.4, 0.5) is 10.5 Å². The van der Waals surface area contributed by atoms with Crippen LogP contribution in [-0.2, 0) is 4.74 Å². The SMILES string of the molecule is CC(C)(C)OC(=O)NCCOc1cc(N)ccc1C#N. The Bertz CT molecular complexity index is 515. The van der Waals surface area contributed by atoms with Crippen LogP contribution in [0, 0.1) is 11.3 Å². The minimum atomic E-state index is -0.535. The first kappa shape index (κ1) is 15.6. The molecule has 3 N–H and O–H groups in total. The molecule has 0 aromatic heterocycles. The number of anilines is 1. The predicted octanol–water partition coefficient (Wildman–Crippen LogP) is 2.04. The maximum absolute atomic E-state index is 11.4. The molecule has 0 unspecified atom stereocenters. The first-order valence-corrected chi connectivity index (χ1v) is 6.21. The summed E-state index contributed by atoms with van der Waals surface area (Å²) in [7, 11) is 0. The van der Waals surface area contributed by atoms with Gasteiger partial charge in [0, 0.05) is 11.8 Å². The summed E-state index contributed by atoms with van der Waals surface area (Å²) in [4.78, 5) is 11.4. The lowest BCUT2D eigenvalue weighted by molar-refractivity contribution is 0.0520. The van der Waals surface area contributed by atoms with Crippen molar-refractivity contribution >= 4 is 11.8 Å². The van der Waals surface area contributed by atoms with Crippen LogP contribution in [0.1, 0.15) is 26.3 Å². The third-order valence-electron chi connectivity index (χ3n) is 2.15. The summed E-state index contributed by atoms with van der Waals surface area (Å²) in [6, 6.07) is 6.80. The van der Waals surface area contributed by atoms with E-state index < -0.39 is 11.7 Å². The zero-order chi connectivity index (χ0) is 15.2. The van der Waals surface area contributed by atoms with Crippen molar-refractivity contribution in [3.63, 3.8) is 0 Å². The van der Waals surface area contributed by atoms with E-state index in [4.69, 9.17) is 20.5 Å². The zero-order valence-electron chi connectivity index (χ0n) is 11.9. The van der Waals surface area contributed by atoms with Gasteiger partial charge in [0.15, 0.2) is 0 Å². The maximum Gasteiger partial charge on any atom is 0.407 e. The number of ether oxygens (including phenoxy) is 2. The van der Waals surface area contributed by atoms with Gasteiger partial charge in [-0.25, -0.2) is 4.79 Å². The summed E-state index contributed by atoms with van der Waals surface area (Å²) in [6.45, 7) is 5.85. The summed E-state index contributed by atoms with van der Waals surface area (Å²) in [5.41, 5.74) is 6.00. The van der Waals surface area contributed by atoms with E-state index in [0.29, 0.717) is 17.0 Å². The highest BCUT2D eigenvalue weighted by Crippen LogP contribution is 2.20. The highest BCUT2D eigenvalue weighted by Gasteiger charge is 2.15. The number of nitrogen functional groups attached to an aromatic ring is 1. The number of benzene rings is 1. The van der Waals surface area contributed by atoms with Crippen molar-refractivity contribution in [2.75, 3.05) is 18.9 Å². The molecule has 108 valence electrons. The normalized spacial score (nSPS) is 10.5. The molecule has 0 spiro atoms. The number of carbonyl (C=O) groups is 1. The smallest absolute Gasteiger partial charge is 0.407 e. The average molecular weight is 277 g/mol. The maximum atomic E-state index is 11.4. The highest BCUT2D eigenvalue weighted by atomic mass is 16.6. The van der Waals surface area contributed by atoms with Gasteiger partial charge < -0.3 is 20.5 Å². The number of amides is 1. The summed E-state index contributed by atoms with van der Waals surface area (Å²) >= 11 is 0. The molecule has 0 saturated heterocycles. The van der Waals surface area contributed by atoms with Crippen molar-refractivity contribution in [2.24, 2.45) is 0 Å². The highest BCUT2D eigenvalue weighted by molar-refractivity contribution is 5.67. The van der Waals surface area contributed by atoms with Gasteiger partial charge in [-0.15, -0.1) is 0 Å². The van der Waals surface area contributed by atoms with Crippen LogP contribution in [0.25, 0.3) is 0 Å². The Morgan fingerprint density at radius 3 is 2.75 bits per heavy atom. The molecule has 0 radical (unpaired) electrons. The van der Waals surface area contributed by atoms with Crippen LogP contribution in [0.15, 0.2) is 18.2 Å². The van der Waals surface area contributed by atoms with Crippen LogP contribution in [0.5, 0.6) is 5.75 Å². The van der Waals surface area contributed by atoms with Gasteiger partial charge in [0.05, 0.1) is 12.1 Å². The standard InChI is InChI=1S/C14H19N3O3/c1-14(2,3)20-13(18)17-6-7-19-12-8-11(16)5-4-10(12)9-15/h4-5,8H,6-7,16H2,1-3H3,(H,17,18). The molecule has 1 amide bonds. The van der Waals surface area contributed by atoms with Gasteiger partial charge in [-0.1, -0.05) is 0 Å². The van der Waals surface area contributed by atoms with Gasteiger partial charge in [0.25, 0.3) is 0 Å². The molecule has 0 heterocycles. The van der Waals surface area contributed by atoms with Gasteiger partial charge in [-0.05, 0) is 32.9 Å². The molecular formula is C14H19N3O3. The van der Waals surface area contributed by atoms with Crippen molar-refractivity contribution in [3.8, 4) is 11.8 Å². The van der Waals surface area contributed by atoms with Gasteiger partial charge in [-0.3, -0.25) is 0 Å². The topological polar surface area (TPSA) is 97.4 Å². The van der Waals surface area contributed by atoms with Gasteiger partial charge in [0.2, 0.25) is 0 Å². The van der Waals surface area contributed by atoms with E-state index in [1.54, 1.807) is 39.0 Å². The number of nitrogens with one attached hydrogen (secondary N) is 1. The fourth-order valence-corrected chi connectivity index (χ4v) is 1.38. The molecular weight excluding hydrogens is 258 g/mol. The molecule has 1 aromatic carbocycles. The average Bonchev–Trinajstić information content (AvgIpc) is 2.33. The molecule has 0 atom stereocenters. The largest absolute Gasteiger partial charge is 0.490 e.